The molecule has 146 valence electrons. The Morgan fingerprint density at radius 1 is 1.07 bits per heavy atom. The maximum absolute atomic E-state index is 12.5. The molecule has 0 saturated carbocycles. The van der Waals surface area contributed by atoms with Gasteiger partial charge >= 0.3 is 0 Å². The summed E-state index contributed by atoms with van der Waals surface area (Å²) in [6.07, 6.45) is 0.986. The number of hydrogen-bond acceptors (Lipinski definition) is 4. The minimum absolute atomic E-state index is 0.0796. The van der Waals surface area contributed by atoms with Gasteiger partial charge in [-0.15, -0.1) is 11.3 Å². The Morgan fingerprint density at radius 3 is 2.69 bits per heavy atom. The van der Waals surface area contributed by atoms with E-state index >= 15 is 0 Å². The molecule has 0 atom stereocenters. The van der Waals surface area contributed by atoms with Crippen LogP contribution in [0.25, 0.3) is 10.8 Å². The predicted molar refractivity (Wildman–Crippen MR) is 119 cm³/mol. The van der Waals surface area contributed by atoms with Gasteiger partial charge in [0, 0.05) is 11.3 Å². The van der Waals surface area contributed by atoms with E-state index in [1.807, 2.05) is 26.0 Å². The lowest BCUT2D eigenvalue weighted by Crippen LogP contribution is -2.14. The van der Waals surface area contributed by atoms with E-state index in [1.165, 1.54) is 16.3 Å². The predicted octanol–water partition coefficient (Wildman–Crippen LogP) is 5.39. The van der Waals surface area contributed by atoms with Crippen molar-refractivity contribution in [3.05, 3.63) is 87.4 Å². The van der Waals surface area contributed by atoms with Crippen molar-refractivity contribution in [2.24, 2.45) is 0 Å². The van der Waals surface area contributed by atoms with Crippen LogP contribution in [-0.4, -0.2) is 16.0 Å². The summed E-state index contributed by atoms with van der Waals surface area (Å²) in [4.78, 5) is 18.1. The standard InChI is InChI=1S/C24H22N2O2S/c1-15-10-11-20(21(27)12-15)26-23(28)14-22-16(2)25-24(29-22)13-18-8-5-7-17-6-3-4-9-19(17)18/h3-12,27H,13-14H2,1-2H3,(H,26,28). The van der Waals surface area contributed by atoms with Crippen LogP contribution in [0.2, 0.25) is 0 Å². The fourth-order valence-electron chi connectivity index (χ4n) is 3.43. The number of thiazole rings is 1. The van der Waals surface area contributed by atoms with Crippen LogP contribution in [-0.2, 0) is 17.6 Å². The highest BCUT2D eigenvalue weighted by atomic mass is 32.1. The van der Waals surface area contributed by atoms with Crippen LogP contribution in [0.15, 0.2) is 60.7 Å². The van der Waals surface area contributed by atoms with E-state index in [-0.39, 0.29) is 18.1 Å². The monoisotopic (exact) mass is 402 g/mol. The summed E-state index contributed by atoms with van der Waals surface area (Å²) in [5.41, 5.74) is 3.49. The number of fused-ring (bicyclic) bond motifs is 1. The molecule has 29 heavy (non-hydrogen) atoms. The molecule has 4 nitrogen and oxygen atoms in total. The molecule has 0 radical (unpaired) electrons. The fraction of sp³-hybridized carbons (Fsp3) is 0.167. The summed E-state index contributed by atoms with van der Waals surface area (Å²) in [5, 5.41) is 16.2. The maximum Gasteiger partial charge on any atom is 0.229 e. The zero-order valence-electron chi connectivity index (χ0n) is 16.4. The Morgan fingerprint density at radius 2 is 1.86 bits per heavy atom. The van der Waals surface area contributed by atoms with Gasteiger partial charge in [0.15, 0.2) is 0 Å². The van der Waals surface area contributed by atoms with Crippen LogP contribution < -0.4 is 5.32 Å². The zero-order valence-corrected chi connectivity index (χ0v) is 17.2. The van der Waals surface area contributed by atoms with Crippen molar-refractivity contribution in [2.45, 2.75) is 26.7 Å². The topological polar surface area (TPSA) is 62.2 Å². The van der Waals surface area contributed by atoms with Crippen molar-refractivity contribution in [1.29, 1.82) is 0 Å². The molecule has 5 heteroatoms. The average Bonchev–Trinajstić information content (AvgIpc) is 3.03. The van der Waals surface area contributed by atoms with Crippen LogP contribution >= 0.6 is 11.3 Å². The number of nitrogens with one attached hydrogen (secondary N) is 1. The minimum atomic E-state index is -0.160. The highest BCUT2D eigenvalue weighted by molar-refractivity contribution is 7.11. The summed E-state index contributed by atoms with van der Waals surface area (Å²) in [7, 11) is 0. The van der Waals surface area contributed by atoms with Crippen molar-refractivity contribution in [3.8, 4) is 5.75 Å². The molecule has 1 amide bonds. The Bertz CT molecular complexity index is 1190. The lowest BCUT2D eigenvalue weighted by molar-refractivity contribution is -0.115. The Labute approximate surface area is 173 Å². The number of aryl methyl sites for hydroxylation is 2. The van der Waals surface area contributed by atoms with Gasteiger partial charge in [0.05, 0.1) is 22.8 Å². The Balaban J connectivity index is 1.49. The molecule has 0 unspecified atom stereocenters. The Hall–Kier alpha value is -3.18. The third-order valence-electron chi connectivity index (χ3n) is 4.91. The number of anilines is 1. The van der Waals surface area contributed by atoms with E-state index < -0.39 is 0 Å². The lowest BCUT2D eigenvalue weighted by Gasteiger charge is -2.07. The molecule has 2 N–H and O–H groups in total. The smallest absolute Gasteiger partial charge is 0.229 e. The first-order valence-corrected chi connectivity index (χ1v) is 10.3. The molecule has 0 fully saturated rings. The van der Waals surface area contributed by atoms with Crippen molar-refractivity contribution >= 4 is 33.7 Å². The van der Waals surface area contributed by atoms with Gasteiger partial charge in [-0.3, -0.25) is 4.79 Å². The molecule has 3 aromatic carbocycles. The Kier molecular flexibility index (Phi) is 5.32. The molecule has 0 aliphatic carbocycles. The largest absolute Gasteiger partial charge is 0.506 e. The van der Waals surface area contributed by atoms with Crippen LogP contribution in [0, 0.1) is 13.8 Å². The molecule has 0 spiro atoms. The van der Waals surface area contributed by atoms with E-state index in [2.05, 4.69) is 41.7 Å². The van der Waals surface area contributed by atoms with Crippen molar-refractivity contribution in [3.63, 3.8) is 0 Å². The summed E-state index contributed by atoms with van der Waals surface area (Å²) >= 11 is 1.57. The number of benzene rings is 3. The van der Waals surface area contributed by atoms with E-state index in [1.54, 1.807) is 23.5 Å². The molecule has 0 aliphatic heterocycles. The molecule has 0 bridgehead atoms. The van der Waals surface area contributed by atoms with Crippen LogP contribution in [0.3, 0.4) is 0 Å². The van der Waals surface area contributed by atoms with Gasteiger partial charge in [-0.05, 0) is 47.9 Å². The minimum Gasteiger partial charge on any atom is -0.506 e. The average molecular weight is 403 g/mol. The lowest BCUT2D eigenvalue weighted by atomic mass is 10.0. The first-order chi connectivity index (χ1) is 14.0. The maximum atomic E-state index is 12.5. The number of carbonyl (C=O) groups excluding carboxylic acids is 1. The number of rotatable bonds is 5. The SMILES string of the molecule is Cc1ccc(NC(=O)Cc2sc(Cc3cccc4ccccc34)nc2C)c(O)c1. The molecule has 1 aromatic heterocycles. The van der Waals surface area contributed by atoms with Gasteiger partial charge in [0.2, 0.25) is 5.91 Å². The van der Waals surface area contributed by atoms with Crippen molar-refractivity contribution < 1.29 is 9.90 Å². The van der Waals surface area contributed by atoms with Gasteiger partial charge in [0.25, 0.3) is 0 Å². The van der Waals surface area contributed by atoms with Gasteiger partial charge in [0.1, 0.15) is 5.75 Å². The summed E-state index contributed by atoms with van der Waals surface area (Å²) in [6, 6.07) is 19.9. The quantitative estimate of drug-likeness (QED) is 0.440. The first-order valence-electron chi connectivity index (χ1n) is 9.51. The van der Waals surface area contributed by atoms with Crippen LogP contribution in [0.1, 0.15) is 26.7 Å². The van der Waals surface area contributed by atoms with Crippen LogP contribution in [0.4, 0.5) is 5.69 Å². The molecule has 4 rings (SSSR count). The number of phenolic OH excluding ortho intramolecular Hbond substituents is 1. The zero-order chi connectivity index (χ0) is 20.4. The van der Waals surface area contributed by atoms with Gasteiger partial charge in [-0.25, -0.2) is 4.98 Å². The molecule has 0 aliphatic rings. The number of hydrogen-bond donors (Lipinski definition) is 2. The summed E-state index contributed by atoms with van der Waals surface area (Å²) < 4.78 is 0. The van der Waals surface area contributed by atoms with E-state index in [9.17, 15) is 9.90 Å². The first kappa shape index (κ1) is 19.2. The molecular formula is C24H22N2O2S. The van der Waals surface area contributed by atoms with Crippen molar-refractivity contribution in [2.75, 3.05) is 5.32 Å². The molecule has 4 aromatic rings. The highest BCUT2D eigenvalue weighted by Crippen LogP contribution is 2.27. The number of nitrogens with zero attached hydrogens (tertiary/aromatic N) is 1. The number of carbonyl (C=O) groups is 1. The normalized spacial score (nSPS) is 11.0. The molecular weight excluding hydrogens is 380 g/mol. The number of aromatic nitrogens is 1. The van der Waals surface area contributed by atoms with E-state index in [0.717, 1.165) is 27.6 Å². The second-order valence-corrected chi connectivity index (χ2v) is 8.34. The van der Waals surface area contributed by atoms with Crippen molar-refractivity contribution in [1.82, 2.24) is 4.98 Å². The molecule has 0 saturated heterocycles. The van der Waals surface area contributed by atoms with Gasteiger partial charge in [-0.1, -0.05) is 48.5 Å². The number of phenols is 1. The highest BCUT2D eigenvalue weighted by Gasteiger charge is 2.14. The van der Waals surface area contributed by atoms with Gasteiger partial charge < -0.3 is 10.4 Å². The fourth-order valence-corrected chi connectivity index (χ4v) is 4.52. The van der Waals surface area contributed by atoms with Crippen LogP contribution in [0.5, 0.6) is 5.75 Å². The third kappa shape index (κ3) is 4.30. The summed E-state index contributed by atoms with van der Waals surface area (Å²) in [5.74, 6) is -0.0800. The second-order valence-electron chi connectivity index (χ2n) is 7.18. The second kappa shape index (κ2) is 8.05. The van der Waals surface area contributed by atoms with E-state index in [0.29, 0.717) is 5.69 Å². The van der Waals surface area contributed by atoms with Gasteiger partial charge in [-0.2, -0.15) is 0 Å². The molecule has 1 heterocycles. The summed E-state index contributed by atoms with van der Waals surface area (Å²) in [6.45, 7) is 3.83. The number of amides is 1. The number of aromatic hydroxyl groups is 1. The van der Waals surface area contributed by atoms with E-state index in [4.69, 9.17) is 4.98 Å². The third-order valence-corrected chi connectivity index (χ3v) is 6.06.